The second-order valence-electron chi connectivity index (χ2n) is 5.62. The van der Waals surface area contributed by atoms with Gasteiger partial charge in [0.05, 0.1) is 21.2 Å². The van der Waals surface area contributed by atoms with E-state index >= 15 is 0 Å². The number of halogens is 1. The molecule has 1 heterocycles. The average Bonchev–Trinajstić information content (AvgIpc) is 2.94. The Morgan fingerprint density at radius 1 is 1.23 bits per heavy atom. The number of non-ortho nitro benzene ring substituents is 1. The SMILES string of the molecule is Cc1nc(-c2cccc(NC(=O)c3cc([N+](=O)[O-])ccc3Cl)c2)sc1C. The number of anilines is 1. The molecule has 26 heavy (non-hydrogen) atoms. The van der Waals surface area contributed by atoms with Crippen molar-refractivity contribution in [2.75, 3.05) is 5.32 Å². The van der Waals surface area contributed by atoms with Crippen molar-refractivity contribution in [1.82, 2.24) is 4.98 Å². The second kappa shape index (κ2) is 7.23. The summed E-state index contributed by atoms with van der Waals surface area (Å²) < 4.78 is 0. The fraction of sp³-hybridized carbons (Fsp3) is 0.111. The number of thiazole rings is 1. The van der Waals surface area contributed by atoms with Gasteiger partial charge in [-0.25, -0.2) is 4.98 Å². The van der Waals surface area contributed by atoms with Gasteiger partial charge in [-0.3, -0.25) is 14.9 Å². The number of aromatic nitrogens is 1. The van der Waals surface area contributed by atoms with E-state index in [9.17, 15) is 14.9 Å². The van der Waals surface area contributed by atoms with Crippen molar-refractivity contribution in [3.05, 3.63) is 73.7 Å². The molecule has 1 N–H and O–H groups in total. The van der Waals surface area contributed by atoms with Gasteiger partial charge in [0.1, 0.15) is 5.01 Å². The quantitative estimate of drug-likeness (QED) is 0.490. The predicted molar refractivity (Wildman–Crippen MR) is 103 cm³/mol. The molecule has 8 heteroatoms. The van der Waals surface area contributed by atoms with Crippen molar-refractivity contribution in [2.45, 2.75) is 13.8 Å². The van der Waals surface area contributed by atoms with E-state index < -0.39 is 10.8 Å². The molecule has 3 rings (SSSR count). The normalized spacial score (nSPS) is 10.6. The summed E-state index contributed by atoms with van der Waals surface area (Å²) in [5.74, 6) is -0.512. The average molecular weight is 388 g/mol. The van der Waals surface area contributed by atoms with Crippen LogP contribution in [0.1, 0.15) is 20.9 Å². The van der Waals surface area contributed by atoms with Crippen molar-refractivity contribution in [2.24, 2.45) is 0 Å². The lowest BCUT2D eigenvalue weighted by Gasteiger charge is -2.08. The van der Waals surface area contributed by atoms with E-state index in [2.05, 4.69) is 10.3 Å². The Labute approximate surface area is 158 Å². The molecule has 0 saturated carbocycles. The molecular formula is C18H14ClN3O3S. The zero-order chi connectivity index (χ0) is 18.8. The van der Waals surface area contributed by atoms with Gasteiger partial charge in [0, 0.05) is 28.3 Å². The Hall–Kier alpha value is -2.77. The summed E-state index contributed by atoms with van der Waals surface area (Å²) >= 11 is 7.60. The third-order valence-corrected chi connectivity index (χ3v) is 5.25. The lowest BCUT2D eigenvalue weighted by atomic mass is 10.1. The van der Waals surface area contributed by atoms with Crippen LogP contribution in [0.25, 0.3) is 10.6 Å². The van der Waals surface area contributed by atoms with Crippen molar-refractivity contribution in [3.63, 3.8) is 0 Å². The number of nitro groups is 1. The fourth-order valence-electron chi connectivity index (χ4n) is 2.33. The van der Waals surface area contributed by atoms with Crippen LogP contribution in [0.2, 0.25) is 5.02 Å². The third kappa shape index (κ3) is 3.74. The van der Waals surface area contributed by atoms with Gasteiger partial charge in [-0.1, -0.05) is 23.7 Å². The minimum absolute atomic E-state index is 0.0483. The highest BCUT2D eigenvalue weighted by atomic mass is 35.5. The molecule has 1 aromatic heterocycles. The lowest BCUT2D eigenvalue weighted by molar-refractivity contribution is -0.384. The number of nitrogens with zero attached hydrogens (tertiary/aromatic N) is 2. The Kier molecular flexibility index (Phi) is 5.01. The number of hydrogen-bond donors (Lipinski definition) is 1. The van der Waals surface area contributed by atoms with Crippen LogP contribution >= 0.6 is 22.9 Å². The second-order valence-corrected chi connectivity index (χ2v) is 7.23. The topological polar surface area (TPSA) is 85.1 Å². The van der Waals surface area contributed by atoms with Crippen molar-refractivity contribution >= 4 is 40.2 Å². The highest BCUT2D eigenvalue weighted by Crippen LogP contribution is 2.29. The monoisotopic (exact) mass is 387 g/mol. The summed E-state index contributed by atoms with van der Waals surface area (Å²) in [4.78, 5) is 28.5. The minimum atomic E-state index is -0.569. The number of aryl methyl sites for hydroxylation is 2. The minimum Gasteiger partial charge on any atom is -0.322 e. The molecule has 0 bridgehead atoms. The van der Waals surface area contributed by atoms with E-state index in [0.717, 1.165) is 27.2 Å². The maximum absolute atomic E-state index is 12.5. The van der Waals surface area contributed by atoms with E-state index in [1.807, 2.05) is 26.0 Å². The summed E-state index contributed by atoms with van der Waals surface area (Å²) in [5, 5.41) is 14.6. The van der Waals surface area contributed by atoms with E-state index in [1.165, 1.54) is 12.1 Å². The Bertz CT molecular complexity index is 997. The Morgan fingerprint density at radius 3 is 2.65 bits per heavy atom. The molecule has 0 aliphatic rings. The van der Waals surface area contributed by atoms with Gasteiger partial charge in [-0.2, -0.15) is 0 Å². The number of benzene rings is 2. The lowest BCUT2D eigenvalue weighted by Crippen LogP contribution is -2.12. The number of carbonyl (C=O) groups excluding carboxylic acids is 1. The van der Waals surface area contributed by atoms with Gasteiger partial charge in [0.15, 0.2) is 0 Å². The van der Waals surface area contributed by atoms with E-state index in [0.29, 0.717) is 5.69 Å². The summed E-state index contributed by atoms with van der Waals surface area (Å²) in [5.41, 5.74) is 2.27. The predicted octanol–water partition coefficient (Wildman–Crippen LogP) is 5.24. The molecule has 0 radical (unpaired) electrons. The molecule has 132 valence electrons. The molecule has 0 aliphatic carbocycles. The standard InChI is InChI=1S/C18H14ClN3O3S/c1-10-11(2)26-18(20-10)12-4-3-5-13(8-12)21-17(23)15-9-14(22(24)25)6-7-16(15)19/h3-9H,1-2H3,(H,21,23). The Morgan fingerprint density at radius 2 is 2.00 bits per heavy atom. The first-order valence-electron chi connectivity index (χ1n) is 7.65. The number of nitrogens with one attached hydrogen (secondary N) is 1. The summed E-state index contributed by atoms with van der Waals surface area (Å²) in [6.07, 6.45) is 0. The zero-order valence-corrected chi connectivity index (χ0v) is 15.5. The van der Waals surface area contributed by atoms with Gasteiger partial charge in [-0.05, 0) is 32.0 Å². The largest absolute Gasteiger partial charge is 0.322 e. The van der Waals surface area contributed by atoms with Crippen molar-refractivity contribution in [1.29, 1.82) is 0 Å². The maximum Gasteiger partial charge on any atom is 0.270 e. The van der Waals surface area contributed by atoms with Crippen LogP contribution in [0.3, 0.4) is 0 Å². The van der Waals surface area contributed by atoms with Crippen molar-refractivity contribution in [3.8, 4) is 10.6 Å². The van der Waals surface area contributed by atoms with Gasteiger partial charge in [0.25, 0.3) is 11.6 Å². The number of rotatable bonds is 4. The highest BCUT2D eigenvalue weighted by molar-refractivity contribution is 7.15. The van der Waals surface area contributed by atoms with E-state index in [-0.39, 0.29) is 16.3 Å². The summed E-state index contributed by atoms with van der Waals surface area (Å²) in [6, 6.07) is 11.0. The van der Waals surface area contributed by atoms with Crippen molar-refractivity contribution < 1.29 is 9.72 Å². The van der Waals surface area contributed by atoms with Crippen LogP contribution in [0.4, 0.5) is 11.4 Å². The molecular weight excluding hydrogens is 374 g/mol. The number of hydrogen-bond acceptors (Lipinski definition) is 5. The molecule has 1 amide bonds. The van der Waals surface area contributed by atoms with E-state index in [4.69, 9.17) is 11.6 Å². The van der Waals surface area contributed by atoms with Crippen LogP contribution < -0.4 is 5.32 Å². The molecule has 0 fully saturated rings. The summed E-state index contributed by atoms with van der Waals surface area (Å²) in [6.45, 7) is 3.96. The molecule has 3 aromatic rings. The third-order valence-electron chi connectivity index (χ3n) is 3.80. The maximum atomic E-state index is 12.5. The van der Waals surface area contributed by atoms with Gasteiger partial charge < -0.3 is 5.32 Å². The van der Waals surface area contributed by atoms with Crippen LogP contribution in [0, 0.1) is 24.0 Å². The van der Waals surface area contributed by atoms with Crippen LogP contribution in [0.15, 0.2) is 42.5 Å². The van der Waals surface area contributed by atoms with Crippen LogP contribution in [0.5, 0.6) is 0 Å². The molecule has 0 spiro atoms. The van der Waals surface area contributed by atoms with Gasteiger partial charge in [0.2, 0.25) is 0 Å². The van der Waals surface area contributed by atoms with Crippen LogP contribution in [-0.4, -0.2) is 15.8 Å². The van der Waals surface area contributed by atoms with E-state index in [1.54, 1.807) is 23.5 Å². The molecule has 2 aromatic carbocycles. The highest BCUT2D eigenvalue weighted by Gasteiger charge is 2.16. The fourth-order valence-corrected chi connectivity index (χ4v) is 3.44. The number of amides is 1. The number of nitro benzene ring substituents is 1. The zero-order valence-electron chi connectivity index (χ0n) is 13.9. The molecule has 0 atom stereocenters. The van der Waals surface area contributed by atoms with Gasteiger partial charge >= 0.3 is 0 Å². The number of carbonyl (C=O) groups is 1. The van der Waals surface area contributed by atoms with Crippen LogP contribution in [-0.2, 0) is 0 Å². The molecule has 0 saturated heterocycles. The summed E-state index contributed by atoms with van der Waals surface area (Å²) in [7, 11) is 0. The first-order chi connectivity index (χ1) is 12.3. The molecule has 0 unspecified atom stereocenters. The first-order valence-corrected chi connectivity index (χ1v) is 8.84. The smallest absolute Gasteiger partial charge is 0.270 e. The Balaban J connectivity index is 1.87. The first kappa shape index (κ1) is 18.0. The van der Waals surface area contributed by atoms with Gasteiger partial charge in [-0.15, -0.1) is 11.3 Å². The molecule has 0 aliphatic heterocycles. The molecule has 6 nitrogen and oxygen atoms in total.